The molecule has 2 aromatic carbocycles. The van der Waals surface area contributed by atoms with Gasteiger partial charge in [-0.3, -0.25) is 0 Å². The molecule has 4 aromatic rings. The fraction of sp³-hybridized carbons (Fsp3) is 0.105. The molecular formula is C19H16ClN5S. The highest BCUT2D eigenvalue weighted by atomic mass is 35.5. The van der Waals surface area contributed by atoms with Gasteiger partial charge in [-0.25, -0.2) is 4.98 Å². The number of aryl methyl sites for hydroxylation is 2. The molecule has 130 valence electrons. The number of hydrogen-bond donors (Lipinski definition) is 1. The van der Waals surface area contributed by atoms with E-state index in [0.29, 0.717) is 21.5 Å². The second-order valence-corrected chi connectivity index (χ2v) is 7.29. The Balaban J connectivity index is 1.73. The van der Waals surface area contributed by atoms with Gasteiger partial charge in [0.25, 0.3) is 0 Å². The number of anilines is 1. The Bertz CT molecular complexity index is 1100. The van der Waals surface area contributed by atoms with Gasteiger partial charge in [-0.2, -0.15) is 4.68 Å². The summed E-state index contributed by atoms with van der Waals surface area (Å²) in [5, 5.41) is 11.8. The molecule has 0 aliphatic rings. The van der Waals surface area contributed by atoms with Crippen molar-refractivity contribution in [1.29, 1.82) is 0 Å². The summed E-state index contributed by atoms with van der Waals surface area (Å²) in [6.45, 7) is 4.13. The average Bonchev–Trinajstić information content (AvgIpc) is 3.24. The van der Waals surface area contributed by atoms with Crippen molar-refractivity contribution < 1.29 is 0 Å². The van der Waals surface area contributed by atoms with Crippen molar-refractivity contribution in [3.63, 3.8) is 0 Å². The zero-order chi connectivity index (χ0) is 18.3. The molecule has 7 heteroatoms. The second kappa shape index (κ2) is 6.55. The lowest BCUT2D eigenvalue weighted by molar-refractivity contribution is 0.809. The normalized spacial score (nSPS) is 11.0. The maximum absolute atomic E-state index is 6.31. The van der Waals surface area contributed by atoms with Crippen LogP contribution in [0, 0.1) is 13.8 Å². The second-order valence-electron chi connectivity index (χ2n) is 6.02. The molecule has 2 aromatic heterocycles. The van der Waals surface area contributed by atoms with Crippen LogP contribution in [0.25, 0.3) is 27.6 Å². The minimum absolute atomic E-state index is 0.466. The van der Waals surface area contributed by atoms with Crippen LogP contribution < -0.4 is 5.73 Å². The molecule has 4 rings (SSSR count). The highest BCUT2D eigenvalue weighted by Crippen LogP contribution is 2.34. The number of nitrogens with two attached hydrogens (primary N) is 1. The molecule has 0 fully saturated rings. The predicted octanol–water partition coefficient (Wildman–Crippen LogP) is 4.91. The summed E-state index contributed by atoms with van der Waals surface area (Å²) < 4.78 is 1.64. The maximum Gasteiger partial charge on any atom is 0.165 e. The first kappa shape index (κ1) is 16.8. The van der Waals surface area contributed by atoms with E-state index in [1.54, 1.807) is 4.68 Å². The molecule has 0 amide bonds. The molecule has 0 aliphatic heterocycles. The molecular weight excluding hydrogens is 366 g/mol. The number of halogens is 1. The van der Waals surface area contributed by atoms with Crippen LogP contribution in [0.3, 0.4) is 0 Å². The maximum atomic E-state index is 6.31. The van der Waals surface area contributed by atoms with E-state index in [4.69, 9.17) is 17.3 Å². The van der Waals surface area contributed by atoms with Gasteiger partial charge >= 0.3 is 0 Å². The Morgan fingerprint density at radius 1 is 1.08 bits per heavy atom. The highest BCUT2D eigenvalue weighted by Gasteiger charge is 2.17. The summed E-state index contributed by atoms with van der Waals surface area (Å²) in [5.41, 5.74) is 11.9. The largest absolute Gasteiger partial charge is 0.382 e. The van der Waals surface area contributed by atoms with Gasteiger partial charge in [0.1, 0.15) is 5.01 Å². The van der Waals surface area contributed by atoms with Crippen LogP contribution in [-0.2, 0) is 0 Å². The third-order valence-electron chi connectivity index (χ3n) is 4.30. The summed E-state index contributed by atoms with van der Waals surface area (Å²) in [6, 6.07) is 13.7. The third-order valence-corrected chi connectivity index (χ3v) is 5.48. The Hall–Kier alpha value is -2.70. The number of nitrogens with zero attached hydrogens (tertiary/aromatic N) is 4. The molecule has 26 heavy (non-hydrogen) atoms. The fourth-order valence-corrected chi connectivity index (χ4v) is 3.71. The van der Waals surface area contributed by atoms with E-state index < -0.39 is 0 Å². The number of nitrogen functional groups attached to an aromatic ring is 1. The average molecular weight is 382 g/mol. The number of rotatable bonds is 3. The van der Waals surface area contributed by atoms with Gasteiger partial charge in [-0.15, -0.1) is 16.4 Å². The molecule has 2 heterocycles. The lowest BCUT2D eigenvalue weighted by atomic mass is 10.1. The van der Waals surface area contributed by atoms with Gasteiger partial charge in [-0.05, 0) is 43.2 Å². The topological polar surface area (TPSA) is 69.6 Å². The number of hydrogen-bond acceptors (Lipinski definition) is 5. The molecule has 0 saturated heterocycles. The first-order valence-corrected chi connectivity index (χ1v) is 9.30. The monoisotopic (exact) mass is 381 g/mol. The number of thiazole rings is 1. The molecule has 0 aliphatic carbocycles. The van der Waals surface area contributed by atoms with Gasteiger partial charge in [0.05, 0.1) is 11.4 Å². The lowest BCUT2D eigenvalue weighted by Gasteiger charge is -2.06. The first-order chi connectivity index (χ1) is 12.5. The Kier molecular flexibility index (Phi) is 4.22. The predicted molar refractivity (Wildman–Crippen MR) is 107 cm³/mol. The van der Waals surface area contributed by atoms with E-state index in [-0.39, 0.29) is 0 Å². The van der Waals surface area contributed by atoms with Gasteiger partial charge < -0.3 is 5.73 Å². The van der Waals surface area contributed by atoms with Crippen LogP contribution in [0.4, 0.5) is 5.82 Å². The van der Waals surface area contributed by atoms with Crippen LogP contribution in [-0.4, -0.2) is 20.0 Å². The van der Waals surface area contributed by atoms with Crippen molar-refractivity contribution in [2.45, 2.75) is 13.8 Å². The fourth-order valence-electron chi connectivity index (χ4n) is 2.66. The molecule has 0 radical (unpaired) electrons. The van der Waals surface area contributed by atoms with Crippen molar-refractivity contribution in [3.05, 3.63) is 64.0 Å². The van der Waals surface area contributed by atoms with E-state index in [9.17, 15) is 0 Å². The Labute approximate surface area is 160 Å². The number of benzene rings is 2. The Morgan fingerprint density at radius 2 is 1.88 bits per heavy atom. The van der Waals surface area contributed by atoms with E-state index >= 15 is 0 Å². The third kappa shape index (κ3) is 2.87. The number of aromatic nitrogens is 4. The van der Waals surface area contributed by atoms with Gasteiger partial charge in [0.2, 0.25) is 0 Å². The molecule has 0 spiro atoms. The van der Waals surface area contributed by atoms with Crippen molar-refractivity contribution in [2.24, 2.45) is 0 Å². The molecule has 5 nitrogen and oxygen atoms in total. The molecule has 0 atom stereocenters. The lowest BCUT2D eigenvalue weighted by Crippen LogP contribution is -2.03. The summed E-state index contributed by atoms with van der Waals surface area (Å²) in [4.78, 5) is 4.65. The van der Waals surface area contributed by atoms with Crippen LogP contribution >= 0.6 is 22.9 Å². The zero-order valence-corrected chi connectivity index (χ0v) is 15.8. The first-order valence-electron chi connectivity index (χ1n) is 8.04. The molecule has 0 saturated carbocycles. The van der Waals surface area contributed by atoms with Gasteiger partial charge in [0.15, 0.2) is 11.5 Å². The molecule has 0 unspecified atom stereocenters. The van der Waals surface area contributed by atoms with Crippen LogP contribution in [0.5, 0.6) is 0 Å². The van der Waals surface area contributed by atoms with Crippen LogP contribution in [0.15, 0.2) is 47.8 Å². The summed E-state index contributed by atoms with van der Waals surface area (Å²) in [7, 11) is 0. The quantitative estimate of drug-likeness (QED) is 0.547. The van der Waals surface area contributed by atoms with E-state index in [1.165, 1.54) is 22.5 Å². The van der Waals surface area contributed by atoms with Crippen molar-refractivity contribution in [3.8, 4) is 27.6 Å². The SMILES string of the molecule is Cc1ccc(-n2nnc(-c3nc(-c4ccccc4Cl)cs3)c2N)cc1C. The summed E-state index contributed by atoms with van der Waals surface area (Å²) in [6.07, 6.45) is 0. The minimum Gasteiger partial charge on any atom is -0.382 e. The van der Waals surface area contributed by atoms with E-state index in [0.717, 1.165) is 16.9 Å². The molecule has 2 N–H and O–H groups in total. The van der Waals surface area contributed by atoms with Crippen LogP contribution in [0.2, 0.25) is 5.02 Å². The smallest absolute Gasteiger partial charge is 0.165 e. The van der Waals surface area contributed by atoms with Crippen molar-refractivity contribution in [1.82, 2.24) is 20.0 Å². The van der Waals surface area contributed by atoms with E-state index in [2.05, 4.69) is 29.1 Å². The molecule has 0 bridgehead atoms. The standard InChI is InChI=1S/C19H16ClN5S/c1-11-7-8-13(9-12(11)2)25-18(21)17(23-24-25)19-22-16(10-26-19)14-5-3-4-6-15(14)20/h3-10H,21H2,1-2H3. The van der Waals surface area contributed by atoms with E-state index in [1.807, 2.05) is 47.8 Å². The zero-order valence-electron chi connectivity index (χ0n) is 14.3. The van der Waals surface area contributed by atoms with Crippen molar-refractivity contribution in [2.75, 3.05) is 5.73 Å². The Morgan fingerprint density at radius 3 is 2.65 bits per heavy atom. The summed E-state index contributed by atoms with van der Waals surface area (Å²) >= 11 is 7.73. The van der Waals surface area contributed by atoms with Crippen LogP contribution in [0.1, 0.15) is 11.1 Å². The summed E-state index contributed by atoms with van der Waals surface area (Å²) in [5.74, 6) is 0.466. The van der Waals surface area contributed by atoms with Gasteiger partial charge in [-0.1, -0.05) is 41.1 Å². The van der Waals surface area contributed by atoms with Gasteiger partial charge in [0, 0.05) is 16.0 Å². The highest BCUT2D eigenvalue weighted by molar-refractivity contribution is 7.13. The minimum atomic E-state index is 0.466. The van der Waals surface area contributed by atoms with Crippen molar-refractivity contribution >= 4 is 28.8 Å².